The van der Waals surface area contributed by atoms with Crippen LogP contribution in [-0.4, -0.2) is 51.5 Å². The monoisotopic (exact) mass is 321 g/mol. The first-order valence-corrected chi connectivity index (χ1v) is 7.35. The van der Waals surface area contributed by atoms with Crippen LogP contribution in [0.1, 0.15) is 11.9 Å². The van der Waals surface area contributed by atoms with E-state index in [9.17, 15) is 0 Å². The summed E-state index contributed by atoms with van der Waals surface area (Å²) in [4.78, 5) is 2.93. The summed E-state index contributed by atoms with van der Waals surface area (Å²) in [5.74, 6) is 0. The average molecular weight is 321 g/mol. The topological polar surface area (TPSA) is 94.9 Å². The van der Waals surface area contributed by atoms with Crippen LogP contribution < -0.4 is 0 Å². The highest BCUT2D eigenvalue weighted by molar-refractivity contribution is 5.16. The van der Waals surface area contributed by atoms with E-state index in [0.717, 1.165) is 5.56 Å². The fourth-order valence-corrected chi connectivity index (χ4v) is 2.98. The molecule has 1 aromatic rings. The van der Waals surface area contributed by atoms with Gasteiger partial charge in [-0.25, -0.2) is 0 Å². The van der Waals surface area contributed by atoms with E-state index in [1.807, 2.05) is 30.3 Å². The van der Waals surface area contributed by atoms with E-state index in [-0.39, 0.29) is 6.10 Å². The third-order valence-corrected chi connectivity index (χ3v) is 4.07. The Labute approximate surface area is 133 Å². The van der Waals surface area contributed by atoms with Crippen LogP contribution in [0.2, 0.25) is 0 Å². The van der Waals surface area contributed by atoms with Gasteiger partial charge < -0.3 is 23.7 Å². The summed E-state index contributed by atoms with van der Waals surface area (Å²) in [6.45, 7) is 0.317. The predicted molar refractivity (Wildman–Crippen MR) is 79.4 cm³/mol. The molecule has 3 unspecified atom stereocenters. The van der Waals surface area contributed by atoms with Crippen molar-refractivity contribution in [3.05, 3.63) is 46.3 Å². The average Bonchev–Trinajstić information content (AvgIpc) is 2.62. The fourth-order valence-electron chi connectivity index (χ4n) is 2.98. The number of hydrogen-bond donors (Lipinski definition) is 0. The minimum Gasteiger partial charge on any atom is -0.376 e. The molecular weight excluding hydrogens is 302 g/mol. The van der Waals surface area contributed by atoms with E-state index in [1.165, 1.54) is 14.2 Å². The summed E-state index contributed by atoms with van der Waals surface area (Å²) < 4.78 is 28.3. The van der Waals surface area contributed by atoms with Crippen LogP contribution >= 0.6 is 0 Å². The molecular formula is C15H19N3O5. The van der Waals surface area contributed by atoms with Gasteiger partial charge in [0.1, 0.15) is 18.3 Å². The maximum absolute atomic E-state index is 8.90. The van der Waals surface area contributed by atoms with E-state index in [0.29, 0.717) is 6.61 Å². The first-order valence-electron chi connectivity index (χ1n) is 7.35. The highest BCUT2D eigenvalue weighted by atomic mass is 16.7. The van der Waals surface area contributed by atoms with Gasteiger partial charge in [-0.1, -0.05) is 35.4 Å². The van der Waals surface area contributed by atoms with Crippen molar-refractivity contribution in [1.29, 1.82) is 0 Å². The van der Waals surface area contributed by atoms with Gasteiger partial charge in [0, 0.05) is 24.7 Å². The zero-order valence-corrected chi connectivity index (χ0v) is 12.9. The van der Waals surface area contributed by atoms with E-state index in [1.54, 1.807) is 0 Å². The summed E-state index contributed by atoms with van der Waals surface area (Å²) in [7, 11) is 3.04. The second kappa shape index (κ2) is 7.27. The molecule has 0 aliphatic carbocycles. The number of ether oxygens (including phenoxy) is 5. The van der Waals surface area contributed by atoms with Crippen LogP contribution in [-0.2, 0) is 23.7 Å². The maximum Gasteiger partial charge on any atom is 0.184 e. The van der Waals surface area contributed by atoms with Gasteiger partial charge in [-0.05, 0) is 5.53 Å². The van der Waals surface area contributed by atoms with Crippen LogP contribution in [0.5, 0.6) is 0 Å². The van der Waals surface area contributed by atoms with Crippen molar-refractivity contribution in [1.82, 2.24) is 0 Å². The molecule has 0 spiro atoms. The van der Waals surface area contributed by atoms with E-state index in [2.05, 4.69) is 10.0 Å². The third kappa shape index (κ3) is 3.18. The van der Waals surface area contributed by atoms with Crippen molar-refractivity contribution in [2.45, 2.75) is 36.9 Å². The summed E-state index contributed by atoms with van der Waals surface area (Å²) in [5.41, 5.74) is 9.80. The van der Waals surface area contributed by atoms with Crippen LogP contribution in [0, 0.1) is 0 Å². The normalized spacial score (nSPS) is 36.8. The van der Waals surface area contributed by atoms with Crippen LogP contribution in [0.3, 0.4) is 0 Å². The fraction of sp³-hybridized carbons (Fsp3) is 0.600. The Bertz CT molecular complexity index is 565. The molecule has 0 N–H and O–H groups in total. The Kier molecular flexibility index (Phi) is 5.12. The molecule has 2 saturated heterocycles. The zero-order chi connectivity index (χ0) is 16.2. The van der Waals surface area contributed by atoms with Crippen LogP contribution in [0.4, 0.5) is 0 Å². The van der Waals surface area contributed by atoms with E-state index < -0.39 is 30.8 Å². The molecule has 0 amide bonds. The molecule has 2 heterocycles. The highest BCUT2D eigenvalue weighted by Crippen LogP contribution is 2.36. The summed E-state index contributed by atoms with van der Waals surface area (Å²) in [5, 5.41) is 3.86. The number of rotatable bonds is 4. The molecule has 3 rings (SSSR count). The molecule has 1 aromatic carbocycles. The van der Waals surface area contributed by atoms with Crippen LogP contribution in [0.25, 0.3) is 10.4 Å². The lowest BCUT2D eigenvalue weighted by Gasteiger charge is -2.47. The van der Waals surface area contributed by atoms with Gasteiger partial charge in [-0.3, -0.25) is 0 Å². The lowest BCUT2D eigenvalue weighted by Crippen LogP contribution is -2.61. The van der Waals surface area contributed by atoms with Crippen molar-refractivity contribution >= 4 is 0 Å². The van der Waals surface area contributed by atoms with Gasteiger partial charge in [0.2, 0.25) is 0 Å². The maximum atomic E-state index is 8.90. The van der Waals surface area contributed by atoms with E-state index in [4.69, 9.17) is 29.2 Å². The first kappa shape index (κ1) is 16.2. The van der Waals surface area contributed by atoms with Crippen molar-refractivity contribution < 1.29 is 23.7 Å². The van der Waals surface area contributed by atoms with Gasteiger partial charge in [-0.15, -0.1) is 0 Å². The smallest absolute Gasteiger partial charge is 0.184 e. The summed E-state index contributed by atoms with van der Waals surface area (Å²) in [6.07, 6.45) is -2.58. The van der Waals surface area contributed by atoms with Crippen LogP contribution in [0.15, 0.2) is 35.4 Å². The quantitative estimate of drug-likeness (QED) is 0.481. The number of methoxy groups -OCH3 is 2. The van der Waals surface area contributed by atoms with Gasteiger partial charge >= 0.3 is 0 Å². The summed E-state index contributed by atoms with van der Waals surface area (Å²) >= 11 is 0. The van der Waals surface area contributed by atoms with Crippen molar-refractivity contribution in [2.24, 2.45) is 5.11 Å². The first-order chi connectivity index (χ1) is 11.3. The third-order valence-electron chi connectivity index (χ3n) is 4.07. The Morgan fingerprint density at radius 2 is 1.96 bits per heavy atom. The molecule has 2 aliphatic rings. The number of nitrogens with zero attached hydrogens (tertiary/aromatic N) is 3. The molecule has 2 fully saturated rings. The van der Waals surface area contributed by atoms with Crippen molar-refractivity contribution in [3.8, 4) is 0 Å². The molecule has 2 aliphatic heterocycles. The molecule has 23 heavy (non-hydrogen) atoms. The lowest BCUT2D eigenvalue weighted by atomic mass is 9.95. The van der Waals surface area contributed by atoms with Gasteiger partial charge in [-0.2, -0.15) is 0 Å². The molecule has 8 nitrogen and oxygen atoms in total. The van der Waals surface area contributed by atoms with Gasteiger partial charge in [0.25, 0.3) is 0 Å². The molecule has 0 radical (unpaired) electrons. The summed E-state index contributed by atoms with van der Waals surface area (Å²) in [6, 6.07) is 9.02. The molecule has 124 valence electrons. The van der Waals surface area contributed by atoms with Crippen molar-refractivity contribution in [3.63, 3.8) is 0 Å². The second-order valence-electron chi connectivity index (χ2n) is 5.35. The SMILES string of the molecule is COC1[C@H](OC)OC2COC(c3ccccc3)O[C@@H]2[C@@H]1N=[N+]=[N-]. The second-order valence-corrected chi connectivity index (χ2v) is 5.35. The minimum absolute atomic E-state index is 0.317. The Hall–Kier alpha value is -1.67. The number of azide groups is 1. The molecule has 8 heteroatoms. The van der Waals surface area contributed by atoms with Crippen molar-refractivity contribution in [2.75, 3.05) is 20.8 Å². The number of benzene rings is 1. The largest absolute Gasteiger partial charge is 0.376 e. The Morgan fingerprint density at radius 3 is 2.61 bits per heavy atom. The molecule has 0 saturated carbocycles. The molecule has 6 atom stereocenters. The molecule has 0 bridgehead atoms. The highest BCUT2D eigenvalue weighted by Gasteiger charge is 2.50. The van der Waals surface area contributed by atoms with Gasteiger partial charge in [0.15, 0.2) is 12.6 Å². The number of hydrogen-bond acceptors (Lipinski definition) is 6. The standard InChI is InChI=1S/C15H19N3O5/c1-19-13-11(17-18-16)12-10(22-15(13)20-2)8-21-14(23-12)9-6-4-3-5-7-9/h3-7,10-15H,8H2,1-2H3/t10?,11-,12-,13?,14?,15+/m0/s1. The Morgan fingerprint density at radius 1 is 1.17 bits per heavy atom. The Balaban J connectivity index is 1.84. The lowest BCUT2D eigenvalue weighted by molar-refractivity contribution is -0.340. The minimum atomic E-state index is -0.641. The molecule has 0 aromatic heterocycles. The van der Waals surface area contributed by atoms with Gasteiger partial charge in [0.05, 0.1) is 12.6 Å². The zero-order valence-electron chi connectivity index (χ0n) is 12.9. The number of fused-ring (bicyclic) bond motifs is 1. The predicted octanol–water partition coefficient (Wildman–Crippen LogP) is 2.17. The van der Waals surface area contributed by atoms with E-state index >= 15 is 0 Å².